The molecule has 1 rings (SSSR count). The van der Waals surface area contributed by atoms with Gasteiger partial charge in [0.2, 0.25) is 0 Å². The summed E-state index contributed by atoms with van der Waals surface area (Å²) in [5.41, 5.74) is 0.356. The molecule has 0 saturated heterocycles. The van der Waals surface area contributed by atoms with E-state index in [1.807, 2.05) is 6.07 Å². The maximum atomic E-state index is 10.8. The second-order valence-corrected chi connectivity index (χ2v) is 4.41. The molecule has 1 aromatic carbocycles. The lowest BCUT2D eigenvalue weighted by Crippen LogP contribution is -2.11. The zero-order valence-corrected chi connectivity index (χ0v) is 11.1. The molecule has 0 bridgehead atoms. The van der Waals surface area contributed by atoms with Crippen LogP contribution in [0.4, 0.5) is 0 Å². The van der Waals surface area contributed by atoms with E-state index < -0.39 is 24.8 Å². The summed E-state index contributed by atoms with van der Waals surface area (Å²) in [6, 6.07) is 4.92. The van der Waals surface area contributed by atoms with Crippen molar-refractivity contribution in [3.8, 4) is 12.1 Å². The third-order valence-electron chi connectivity index (χ3n) is 2.37. The molecule has 0 radical (unpaired) electrons. The summed E-state index contributed by atoms with van der Waals surface area (Å²) < 4.78 is 0.183. The van der Waals surface area contributed by atoms with Crippen LogP contribution in [-0.2, 0) is 22.4 Å². The monoisotopic (exact) mass is 322 g/mol. The quantitative estimate of drug-likeness (QED) is 0.864. The molecule has 0 heterocycles. The minimum Gasteiger partial charge on any atom is -0.481 e. The summed E-state index contributed by atoms with van der Waals surface area (Å²) in [6.45, 7) is 0. The number of rotatable bonds is 4. The lowest BCUT2D eigenvalue weighted by Gasteiger charge is -2.11. The molecule has 0 aliphatic carbocycles. The number of benzene rings is 1. The number of carboxylic acid groups (broad SMARTS) is 2. The number of halogens is 1. The lowest BCUT2D eigenvalue weighted by molar-refractivity contribution is -0.137. The van der Waals surface area contributed by atoms with Crippen molar-refractivity contribution in [2.24, 2.45) is 0 Å². The average Bonchev–Trinajstić information content (AvgIpc) is 2.31. The van der Waals surface area contributed by atoms with Crippen LogP contribution in [0.15, 0.2) is 10.5 Å². The van der Waals surface area contributed by atoms with E-state index in [-0.39, 0.29) is 26.7 Å². The molecular weight excluding hydrogens is 316 g/mol. The predicted octanol–water partition coefficient (Wildman–Crippen LogP) is 1.45. The Balaban J connectivity index is 3.59. The van der Waals surface area contributed by atoms with Crippen molar-refractivity contribution in [2.45, 2.75) is 12.8 Å². The first-order valence-corrected chi connectivity index (χ1v) is 5.78. The highest BCUT2D eigenvalue weighted by Crippen LogP contribution is 2.28. The molecule has 0 aliphatic rings. The lowest BCUT2D eigenvalue weighted by atomic mass is 9.94. The molecule has 0 spiro atoms. The fraction of sp³-hybridized carbons (Fsp3) is 0.167. The van der Waals surface area contributed by atoms with Gasteiger partial charge in [0.05, 0.1) is 28.4 Å². The van der Waals surface area contributed by atoms with E-state index >= 15 is 0 Å². The SMILES string of the molecule is N#Cc1cc(CC(=O)O)c(CC(=O)O)c(C#N)c1Br. The molecular formula is C12H7BrN2O4. The van der Waals surface area contributed by atoms with Gasteiger partial charge in [0.1, 0.15) is 12.1 Å². The van der Waals surface area contributed by atoms with Gasteiger partial charge in [0.25, 0.3) is 0 Å². The molecule has 0 aromatic heterocycles. The Kier molecular flexibility index (Phi) is 4.62. The number of carboxylic acids is 2. The minimum atomic E-state index is -1.18. The van der Waals surface area contributed by atoms with Crippen LogP contribution in [0.3, 0.4) is 0 Å². The van der Waals surface area contributed by atoms with E-state index in [0.29, 0.717) is 0 Å². The third kappa shape index (κ3) is 3.30. The van der Waals surface area contributed by atoms with Gasteiger partial charge in [-0.25, -0.2) is 0 Å². The first-order valence-electron chi connectivity index (χ1n) is 4.98. The Morgan fingerprint density at radius 2 is 1.74 bits per heavy atom. The maximum Gasteiger partial charge on any atom is 0.307 e. The standard InChI is InChI=1S/C12H7BrN2O4/c13-12-7(4-14)1-6(2-10(16)17)8(3-11(18)19)9(12)5-15/h1H,2-3H2,(H,16,17)(H,18,19). The van der Waals surface area contributed by atoms with Crippen LogP contribution in [0.25, 0.3) is 0 Å². The molecule has 0 fully saturated rings. The molecule has 0 amide bonds. The van der Waals surface area contributed by atoms with Crippen molar-refractivity contribution in [1.82, 2.24) is 0 Å². The first-order chi connectivity index (χ1) is 8.90. The summed E-state index contributed by atoms with van der Waals surface area (Å²) >= 11 is 3.06. The molecule has 0 unspecified atom stereocenters. The highest BCUT2D eigenvalue weighted by Gasteiger charge is 2.20. The summed E-state index contributed by atoms with van der Waals surface area (Å²) in [4.78, 5) is 21.6. The minimum absolute atomic E-state index is 0.0160. The van der Waals surface area contributed by atoms with Crippen LogP contribution in [-0.4, -0.2) is 22.2 Å². The second kappa shape index (κ2) is 5.98. The normalized spacial score (nSPS) is 9.42. The Bertz CT molecular complexity index is 641. The number of nitriles is 2. The van der Waals surface area contributed by atoms with Crippen LogP contribution in [0.2, 0.25) is 0 Å². The molecule has 96 valence electrons. The Morgan fingerprint density at radius 1 is 1.16 bits per heavy atom. The van der Waals surface area contributed by atoms with Gasteiger partial charge < -0.3 is 10.2 Å². The van der Waals surface area contributed by atoms with Crippen molar-refractivity contribution < 1.29 is 19.8 Å². The molecule has 19 heavy (non-hydrogen) atoms. The van der Waals surface area contributed by atoms with Gasteiger partial charge in [-0.15, -0.1) is 0 Å². The third-order valence-corrected chi connectivity index (χ3v) is 3.19. The highest BCUT2D eigenvalue weighted by molar-refractivity contribution is 9.10. The van der Waals surface area contributed by atoms with Crippen molar-refractivity contribution >= 4 is 27.9 Å². The summed E-state index contributed by atoms with van der Waals surface area (Å²) in [7, 11) is 0. The van der Waals surface area contributed by atoms with E-state index in [0.717, 1.165) is 0 Å². The Hall–Kier alpha value is -2.38. The molecule has 0 aliphatic heterocycles. The number of hydrogen-bond acceptors (Lipinski definition) is 4. The molecule has 7 heteroatoms. The van der Waals surface area contributed by atoms with E-state index in [9.17, 15) is 9.59 Å². The number of carbonyl (C=O) groups is 2. The Labute approximate surface area is 116 Å². The summed E-state index contributed by atoms with van der Waals surface area (Å²) in [5.74, 6) is -2.35. The zero-order chi connectivity index (χ0) is 14.6. The van der Waals surface area contributed by atoms with Crippen LogP contribution in [0.5, 0.6) is 0 Å². The number of nitrogens with zero attached hydrogens (tertiary/aromatic N) is 2. The molecule has 0 atom stereocenters. The fourth-order valence-electron chi connectivity index (χ4n) is 1.62. The zero-order valence-electron chi connectivity index (χ0n) is 9.47. The smallest absolute Gasteiger partial charge is 0.307 e. The number of hydrogen-bond donors (Lipinski definition) is 2. The van der Waals surface area contributed by atoms with Crippen LogP contribution < -0.4 is 0 Å². The van der Waals surface area contributed by atoms with Crippen LogP contribution in [0.1, 0.15) is 22.3 Å². The van der Waals surface area contributed by atoms with Crippen molar-refractivity contribution in [2.75, 3.05) is 0 Å². The van der Waals surface area contributed by atoms with Crippen LogP contribution in [0, 0.1) is 22.7 Å². The first kappa shape index (κ1) is 14.7. The maximum absolute atomic E-state index is 10.8. The fourth-order valence-corrected chi connectivity index (χ4v) is 2.16. The van der Waals surface area contributed by atoms with Gasteiger partial charge >= 0.3 is 11.9 Å². The predicted molar refractivity (Wildman–Crippen MR) is 66.3 cm³/mol. The van der Waals surface area contributed by atoms with Crippen molar-refractivity contribution in [3.05, 3.63) is 32.8 Å². The molecule has 6 nitrogen and oxygen atoms in total. The van der Waals surface area contributed by atoms with Gasteiger partial charge in [-0.1, -0.05) is 0 Å². The highest BCUT2D eigenvalue weighted by atomic mass is 79.9. The van der Waals surface area contributed by atoms with Crippen molar-refractivity contribution in [3.63, 3.8) is 0 Å². The average molecular weight is 323 g/mol. The number of aliphatic carboxylic acids is 2. The van der Waals surface area contributed by atoms with Gasteiger partial charge in [-0.2, -0.15) is 10.5 Å². The van der Waals surface area contributed by atoms with Crippen molar-refractivity contribution in [1.29, 1.82) is 10.5 Å². The Morgan fingerprint density at radius 3 is 2.16 bits per heavy atom. The molecule has 0 saturated carbocycles. The van der Waals surface area contributed by atoms with Gasteiger partial charge in [-0.3, -0.25) is 9.59 Å². The molecule has 1 aromatic rings. The van der Waals surface area contributed by atoms with E-state index in [4.69, 9.17) is 20.7 Å². The van der Waals surface area contributed by atoms with Gasteiger partial charge in [-0.05, 0) is 33.1 Å². The van der Waals surface area contributed by atoms with Gasteiger partial charge in [0.15, 0.2) is 0 Å². The molecule has 2 N–H and O–H groups in total. The van der Waals surface area contributed by atoms with E-state index in [2.05, 4.69) is 15.9 Å². The van der Waals surface area contributed by atoms with Gasteiger partial charge in [0, 0.05) is 0 Å². The topological polar surface area (TPSA) is 122 Å². The summed E-state index contributed by atoms with van der Waals surface area (Å²) in [6.07, 6.45) is -0.922. The van der Waals surface area contributed by atoms with E-state index in [1.54, 1.807) is 6.07 Å². The largest absolute Gasteiger partial charge is 0.481 e. The van der Waals surface area contributed by atoms with E-state index in [1.165, 1.54) is 6.07 Å². The second-order valence-electron chi connectivity index (χ2n) is 3.62. The van der Waals surface area contributed by atoms with Crippen LogP contribution >= 0.6 is 15.9 Å². The summed E-state index contributed by atoms with van der Waals surface area (Å²) in [5, 5.41) is 35.6.